The van der Waals surface area contributed by atoms with Crippen molar-refractivity contribution in [1.82, 2.24) is 4.90 Å². The molecule has 1 heterocycles. The SMILES string of the molecule is C=C(F)/C=C\C(=C)CCN1CCC(C=O)CC1. The molecule has 2 nitrogen and oxygen atoms in total. The van der Waals surface area contributed by atoms with Crippen LogP contribution in [0.5, 0.6) is 0 Å². The highest BCUT2D eigenvalue weighted by Gasteiger charge is 2.17. The van der Waals surface area contributed by atoms with E-state index in [9.17, 15) is 9.18 Å². The van der Waals surface area contributed by atoms with Crippen LogP contribution in [-0.4, -0.2) is 30.8 Å². The first-order valence-corrected chi connectivity index (χ1v) is 5.99. The lowest BCUT2D eigenvalue weighted by atomic mass is 9.98. The van der Waals surface area contributed by atoms with Gasteiger partial charge in [0.1, 0.15) is 12.1 Å². The van der Waals surface area contributed by atoms with E-state index in [1.165, 1.54) is 6.08 Å². The van der Waals surface area contributed by atoms with Gasteiger partial charge in [-0.2, -0.15) is 0 Å². The Morgan fingerprint density at radius 3 is 2.47 bits per heavy atom. The highest BCUT2D eigenvalue weighted by molar-refractivity contribution is 5.53. The zero-order chi connectivity index (χ0) is 12.7. The number of hydrogen-bond donors (Lipinski definition) is 0. The number of piperidine rings is 1. The van der Waals surface area contributed by atoms with Crippen molar-refractivity contribution >= 4 is 6.29 Å². The summed E-state index contributed by atoms with van der Waals surface area (Å²) in [6.07, 6.45) is 6.79. The number of carbonyl (C=O) groups is 1. The Morgan fingerprint density at radius 2 is 1.94 bits per heavy atom. The van der Waals surface area contributed by atoms with Crippen molar-refractivity contribution in [2.75, 3.05) is 19.6 Å². The minimum Gasteiger partial charge on any atom is -0.303 e. The van der Waals surface area contributed by atoms with Gasteiger partial charge < -0.3 is 9.69 Å². The summed E-state index contributed by atoms with van der Waals surface area (Å²) >= 11 is 0. The number of hydrogen-bond acceptors (Lipinski definition) is 2. The second-order valence-corrected chi connectivity index (χ2v) is 4.50. The Hall–Kier alpha value is -1.22. The van der Waals surface area contributed by atoms with E-state index in [0.29, 0.717) is 0 Å². The smallest absolute Gasteiger partial charge is 0.123 e. The molecule has 1 rings (SSSR count). The van der Waals surface area contributed by atoms with Gasteiger partial charge in [0.15, 0.2) is 0 Å². The Bertz CT molecular complexity index is 314. The fraction of sp³-hybridized carbons (Fsp3) is 0.500. The largest absolute Gasteiger partial charge is 0.303 e. The van der Waals surface area contributed by atoms with Gasteiger partial charge in [-0.15, -0.1) is 0 Å². The third-order valence-corrected chi connectivity index (χ3v) is 3.07. The van der Waals surface area contributed by atoms with Crippen LogP contribution in [0, 0.1) is 5.92 Å². The Labute approximate surface area is 102 Å². The maximum atomic E-state index is 12.4. The molecule has 3 heteroatoms. The summed E-state index contributed by atoms with van der Waals surface area (Å²) in [5, 5.41) is 0. The van der Waals surface area contributed by atoms with Gasteiger partial charge >= 0.3 is 0 Å². The molecule has 0 amide bonds. The zero-order valence-corrected chi connectivity index (χ0v) is 10.2. The van der Waals surface area contributed by atoms with Gasteiger partial charge in [-0.25, -0.2) is 4.39 Å². The topological polar surface area (TPSA) is 20.3 Å². The van der Waals surface area contributed by atoms with Crippen molar-refractivity contribution < 1.29 is 9.18 Å². The summed E-state index contributed by atoms with van der Waals surface area (Å²) in [5.41, 5.74) is 0.904. The maximum absolute atomic E-state index is 12.4. The second-order valence-electron chi connectivity index (χ2n) is 4.50. The third-order valence-electron chi connectivity index (χ3n) is 3.07. The van der Waals surface area contributed by atoms with Gasteiger partial charge in [-0.05, 0) is 38.4 Å². The first-order chi connectivity index (χ1) is 8.11. The molecule has 0 aromatic heterocycles. The van der Waals surface area contributed by atoms with Gasteiger partial charge in [0.05, 0.1) is 0 Å². The molecule has 1 saturated heterocycles. The summed E-state index contributed by atoms with van der Waals surface area (Å²) < 4.78 is 12.4. The Balaban J connectivity index is 2.21. The molecule has 17 heavy (non-hydrogen) atoms. The van der Waals surface area contributed by atoms with E-state index < -0.39 is 5.83 Å². The molecule has 0 N–H and O–H groups in total. The first kappa shape index (κ1) is 13.8. The minimum absolute atomic E-state index is 0.240. The van der Waals surface area contributed by atoms with Crippen molar-refractivity contribution in [2.45, 2.75) is 19.3 Å². The van der Waals surface area contributed by atoms with E-state index in [-0.39, 0.29) is 5.92 Å². The van der Waals surface area contributed by atoms with Crippen LogP contribution < -0.4 is 0 Å². The van der Waals surface area contributed by atoms with Crippen molar-refractivity contribution in [3.63, 3.8) is 0 Å². The van der Waals surface area contributed by atoms with E-state index in [0.717, 1.165) is 50.8 Å². The molecule has 0 unspecified atom stereocenters. The molecule has 1 fully saturated rings. The standard InChI is InChI=1S/C14H20FNO/c1-12(3-4-13(2)15)5-8-16-9-6-14(11-17)7-10-16/h3-4,11,14H,1-2,5-10H2/b4-3-. The second kappa shape index (κ2) is 7.17. The number of aldehydes is 1. The highest BCUT2D eigenvalue weighted by Crippen LogP contribution is 2.16. The van der Waals surface area contributed by atoms with Crippen molar-refractivity contribution in [2.24, 2.45) is 5.92 Å². The fourth-order valence-electron chi connectivity index (χ4n) is 1.91. The van der Waals surface area contributed by atoms with Gasteiger partial charge in [-0.1, -0.05) is 24.8 Å². The van der Waals surface area contributed by atoms with Crippen LogP contribution in [0.4, 0.5) is 4.39 Å². The predicted molar refractivity (Wildman–Crippen MR) is 68.4 cm³/mol. The summed E-state index contributed by atoms with van der Waals surface area (Å²) in [5.74, 6) is -0.206. The number of carbonyl (C=O) groups excluding carboxylic acids is 1. The van der Waals surface area contributed by atoms with Crippen LogP contribution in [-0.2, 0) is 4.79 Å². The fourth-order valence-corrected chi connectivity index (χ4v) is 1.91. The number of nitrogens with zero attached hydrogens (tertiary/aromatic N) is 1. The minimum atomic E-state index is -0.446. The molecule has 0 spiro atoms. The quantitative estimate of drug-likeness (QED) is 0.523. The molecule has 1 aliphatic rings. The van der Waals surface area contributed by atoms with Gasteiger partial charge in [0.25, 0.3) is 0 Å². The normalized spacial score (nSPS) is 18.4. The van der Waals surface area contributed by atoms with Gasteiger partial charge in [0, 0.05) is 12.5 Å². The average molecular weight is 237 g/mol. The predicted octanol–water partition coefficient (Wildman–Crippen LogP) is 2.88. The molecular formula is C14H20FNO. The van der Waals surface area contributed by atoms with E-state index in [1.54, 1.807) is 6.08 Å². The monoisotopic (exact) mass is 237 g/mol. The number of rotatable bonds is 6. The number of halogens is 1. The maximum Gasteiger partial charge on any atom is 0.123 e. The highest BCUT2D eigenvalue weighted by atomic mass is 19.1. The summed E-state index contributed by atoms with van der Waals surface area (Å²) in [4.78, 5) is 12.9. The Kier molecular flexibility index (Phi) is 5.84. The average Bonchev–Trinajstić information content (AvgIpc) is 2.34. The molecule has 0 atom stereocenters. The van der Waals surface area contributed by atoms with Crippen LogP contribution in [0.1, 0.15) is 19.3 Å². The first-order valence-electron chi connectivity index (χ1n) is 5.99. The van der Waals surface area contributed by atoms with Crippen LogP contribution >= 0.6 is 0 Å². The lowest BCUT2D eigenvalue weighted by Crippen LogP contribution is -2.34. The molecule has 0 radical (unpaired) electrons. The van der Waals surface area contributed by atoms with Crippen molar-refractivity contribution in [1.29, 1.82) is 0 Å². The Morgan fingerprint density at radius 1 is 1.29 bits per heavy atom. The van der Waals surface area contributed by atoms with Crippen LogP contribution in [0.15, 0.2) is 36.7 Å². The van der Waals surface area contributed by atoms with Crippen molar-refractivity contribution in [3.8, 4) is 0 Å². The van der Waals surface area contributed by atoms with Crippen LogP contribution in [0.3, 0.4) is 0 Å². The molecule has 0 aromatic carbocycles. The molecule has 0 saturated carbocycles. The summed E-state index contributed by atoms with van der Waals surface area (Å²) in [6.45, 7) is 9.88. The molecule has 1 aliphatic heterocycles. The third kappa shape index (κ3) is 5.59. The molecule has 0 aliphatic carbocycles. The molecule has 0 aromatic rings. The number of likely N-dealkylation sites (tertiary alicyclic amines) is 1. The molecule has 0 bridgehead atoms. The van der Waals surface area contributed by atoms with Gasteiger partial charge in [0.2, 0.25) is 0 Å². The molecular weight excluding hydrogens is 217 g/mol. The van der Waals surface area contributed by atoms with Gasteiger partial charge in [-0.3, -0.25) is 0 Å². The lowest BCUT2D eigenvalue weighted by Gasteiger charge is -2.29. The van der Waals surface area contributed by atoms with Crippen molar-refractivity contribution in [3.05, 3.63) is 36.7 Å². The van der Waals surface area contributed by atoms with E-state index in [1.807, 2.05) is 0 Å². The summed E-state index contributed by atoms with van der Waals surface area (Å²) in [6, 6.07) is 0. The molecule has 94 valence electrons. The number of allylic oxidation sites excluding steroid dienone is 3. The van der Waals surface area contributed by atoms with Crippen LogP contribution in [0.25, 0.3) is 0 Å². The van der Waals surface area contributed by atoms with E-state index in [2.05, 4.69) is 18.1 Å². The lowest BCUT2D eigenvalue weighted by molar-refractivity contribution is -0.112. The van der Waals surface area contributed by atoms with E-state index >= 15 is 0 Å². The van der Waals surface area contributed by atoms with E-state index in [4.69, 9.17) is 0 Å². The zero-order valence-electron chi connectivity index (χ0n) is 10.2. The van der Waals surface area contributed by atoms with Crippen LogP contribution in [0.2, 0.25) is 0 Å². The summed E-state index contributed by atoms with van der Waals surface area (Å²) in [7, 11) is 0.